The van der Waals surface area contributed by atoms with Crippen molar-refractivity contribution in [3.05, 3.63) is 30.1 Å². The zero-order valence-electron chi connectivity index (χ0n) is 10.5. The van der Waals surface area contributed by atoms with Crippen LogP contribution in [0.2, 0.25) is 0 Å². The van der Waals surface area contributed by atoms with Crippen molar-refractivity contribution < 1.29 is 4.39 Å². The predicted molar refractivity (Wildman–Crippen MR) is 69.9 cm³/mol. The summed E-state index contributed by atoms with van der Waals surface area (Å²) in [6.45, 7) is 3.23. The van der Waals surface area contributed by atoms with Crippen molar-refractivity contribution in [2.45, 2.75) is 19.3 Å². The van der Waals surface area contributed by atoms with Crippen molar-refractivity contribution in [3.8, 4) is 0 Å². The molecular formula is C14H21FN2. The first-order valence-electron chi connectivity index (χ1n) is 6.44. The molecule has 1 aliphatic heterocycles. The van der Waals surface area contributed by atoms with Gasteiger partial charge >= 0.3 is 0 Å². The first-order chi connectivity index (χ1) is 8.29. The maximum atomic E-state index is 13.1. The van der Waals surface area contributed by atoms with Gasteiger partial charge in [-0.05, 0) is 57.0 Å². The van der Waals surface area contributed by atoms with Gasteiger partial charge < -0.3 is 10.2 Å². The summed E-state index contributed by atoms with van der Waals surface area (Å²) in [4.78, 5) is 2.30. The van der Waals surface area contributed by atoms with Crippen molar-refractivity contribution >= 4 is 5.69 Å². The quantitative estimate of drug-likeness (QED) is 0.791. The molecular weight excluding hydrogens is 215 g/mol. The normalized spacial score (nSPS) is 19.9. The van der Waals surface area contributed by atoms with Gasteiger partial charge in [0, 0.05) is 18.8 Å². The molecule has 1 aliphatic rings. The van der Waals surface area contributed by atoms with E-state index in [-0.39, 0.29) is 5.82 Å². The second kappa shape index (κ2) is 6.01. The number of rotatable bonds is 5. The third kappa shape index (κ3) is 3.43. The van der Waals surface area contributed by atoms with E-state index in [1.165, 1.54) is 25.3 Å². The lowest BCUT2D eigenvalue weighted by Gasteiger charge is -2.18. The summed E-state index contributed by atoms with van der Waals surface area (Å²) in [5, 5.41) is 3.18. The van der Waals surface area contributed by atoms with Gasteiger partial charge in [0.25, 0.3) is 0 Å². The maximum absolute atomic E-state index is 13.1. The number of benzene rings is 1. The van der Waals surface area contributed by atoms with Crippen LogP contribution in [0.5, 0.6) is 0 Å². The lowest BCUT2D eigenvalue weighted by molar-refractivity contribution is 0.506. The summed E-state index contributed by atoms with van der Waals surface area (Å²) >= 11 is 0. The Hall–Kier alpha value is -1.09. The van der Waals surface area contributed by atoms with E-state index >= 15 is 0 Å². The lowest BCUT2D eigenvalue weighted by Crippen LogP contribution is -2.20. The first kappa shape index (κ1) is 12.4. The number of halogens is 1. The Balaban J connectivity index is 1.85. The van der Waals surface area contributed by atoms with Crippen LogP contribution in [-0.2, 0) is 0 Å². The standard InChI is InChI=1S/C14H21FN2/c1-16-8-3-4-12-7-9-17(11-12)14-6-2-5-13(15)10-14/h2,5-6,10,12,16H,3-4,7-9,11H2,1H3. The third-order valence-electron chi connectivity index (χ3n) is 3.50. The molecule has 1 atom stereocenters. The van der Waals surface area contributed by atoms with Gasteiger partial charge in [-0.2, -0.15) is 0 Å². The van der Waals surface area contributed by atoms with Crippen LogP contribution < -0.4 is 10.2 Å². The molecule has 3 heteroatoms. The van der Waals surface area contributed by atoms with Crippen molar-refractivity contribution in [2.24, 2.45) is 5.92 Å². The van der Waals surface area contributed by atoms with Crippen LogP contribution in [0.4, 0.5) is 10.1 Å². The van der Waals surface area contributed by atoms with Crippen LogP contribution in [0.3, 0.4) is 0 Å². The van der Waals surface area contributed by atoms with Crippen LogP contribution in [0.25, 0.3) is 0 Å². The molecule has 0 aliphatic carbocycles. The molecule has 1 fully saturated rings. The molecule has 94 valence electrons. The average molecular weight is 236 g/mol. The highest BCUT2D eigenvalue weighted by atomic mass is 19.1. The van der Waals surface area contributed by atoms with E-state index in [1.54, 1.807) is 12.1 Å². The molecule has 1 saturated heterocycles. The molecule has 0 radical (unpaired) electrons. The smallest absolute Gasteiger partial charge is 0.125 e. The zero-order chi connectivity index (χ0) is 12.1. The Labute approximate surface area is 103 Å². The Morgan fingerprint density at radius 3 is 3.12 bits per heavy atom. The van der Waals surface area contributed by atoms with Crippen LogP contribution >= 0.6 is 0 Å². The highest BCUT2D eigenvalue weighted by molar-refractivity contribution is 5.47. The van der Waals surface area contributed by atoms with Gasteiger partial charge in [0.15, 0.2) is 0 Å². The van der Waals surface area contributed by atoms with E-state index < -0.39 is 0 Å². The minimum absolute atomic E-state index is 0.138. The lowest BCUT2D eigenvalue weighted by atomic mass is 10.0. The van der Waals surface area contributed by atoms with Crippen molar-refractivity contribution in [2.75, 3.05) is 31.6 Å². The van der Waals surface area contributed by atoms with E-state index in [9.17, 15) is 4.39 Å². The van der Waals surface area contributed by atoms with Crippen molar-refractivity contribution in [1.29, 1.82) is 0 Å². The van der Waals surface area contributed by atoms with Gasteiger partial charge in [-0.25, -0.2) is 4.39 Å². The topological polar surface area (TPSA) is 15.3 Å². The van der Waals surface area contributed by atoms with E-state index in [0.717, 1.165) is 31.2 Å². The Kier molecular flexibility index (Phi) is 4.37. The summed E-state index contributed by atoms with van der Waals surface area (Å²) in [7, 11) is 1.99. The summed E-state index contributed by atoms with van der Waals surface area (Å²) in [5.41, 5.74) is 1.03. The SMILES string of the molecule is CNCCCC1CCN(c2cccc(F)c2)C1. The van der Waals surface area contributed by atoms with Crippen LogP contribution in [-0.4, -0.2) is 26.7 Å². The number of nitrogens with zero attached hydrogens (tertiary/aromatic N) is 1. The minimum Gasteiger partial charge on any atom is -0.371 e. The maximum Gasteiger partial charge on any atom is 0.125 e. The second-order valence-electron chi connectivity index (χ2n) is 4.83. The second-order valence-corrected chi connectivity index (χ2v) is 4.83. The fraction of sp³-hybridized carbons (Fsp3) is 0.571. The van der Waals surface area contributed by atoms with Crippen LogP contribution in [0.15, 0.2) is 24.3 Å². The molecule has 2 rings (SSSR count). The van der Waals surface area contributed by atoms with Crippen LogP contribution in [0, 0.1) is 11.7 Å². The number of anilines is 1. The van der Waals surface area contributed by atoms with E-state index in [2.05, 4.69) is 10.2 Å². The first-order valence-corrected chi connectivity index (χ1v) is 6.44. The largest absolute Gasteiger partial charge is 0.371 e. The van der Waals surface area contributed by atoms with Crippen LogP contribution in [0.1, 0.15) is 19.3 Å². The van der Waals surface area contributed by atoms with Gasteiger partial charge in [-0.1, -0.05) is 6.07 Å². The predicted octanol–water partition coefficient (Wildman–Crippen LogP) is 2.65. The van der Waals surface area contributed by atoms with E-state index in [1.807, 2.05) is 13.1 Å². The average Bonchev–Trinajstić information content (AvgIpc) is 2.78. The fourth-order valence-electron chi connectivity index (χ4n) is 2.54. The number of hydrogen-bond acceptors (Lipinski definition) is 2. The molecule has 1 heterocycles. The molecule has 2 nitrogen and oxygen atoms in total. The van der Waals surface area contributed by atoms with Crippen molar-refractivity contribution in [1.82, 2.24) is 5.32 Å². The Bertz CT molecular complexity index is 354. The summed E-state index contributed by atoms with van der Waals surface area (Å²) < 4.78 is 13.1. The number of nitrogens with one attached hydrogen (secondary N) is 1. The highest BCUT2D eigenvalue weighted by Gasteiger charge is 2.22. The Morgan fingerprint density at radius 2 is 2.35 bits per heavy atom. The van der Waals surface area contributed by atoms with Gasteiger partial charge in [0.05, 0.1) is 0 Å². The monoisotopic (exact) mass is 236 g/mol. The molecule has 0 spiro atoms. The Morgan fingerprint density at radius 1 is 1.47 bits per heavy atom. The van der Waals surface area contributed by atoms with Gasteiger partial charge in [-0.15, -0.1) is 0 Å². The van der Waals surface area contributed by atoms with E-state index in [0.29, 0.717) is 0 Å². The summed E-state index contributed by atoms with van der Waals surface area (Å²) in [6, 6.07) is 6.93. The molecule has 0 saturated carbocycles. The van der Waals surface area contributed by atoms with Gasteiger partial charge in [0.1, 0.15) is 5.82 Å². The fourth-order valence-corrected chi connectivity index (χ4v) is 2.54. The molecule has 1 aromatic carbocycles. The summed E-state index contributed by atoms with van der Waals surface area (Å²) in [6.07, 6.45) is 3.74. The molecule has 17 heavy (non-hydrogen) atoms. The minimum atomic E-state index is -0.138. The molecule has 1 aromatic rings. The number of hydrogen-bond donors (Lipinski definition) is 1. The molecule has 0 bridgehead atoms. The molecule has 0 amide bonds. The van der Waals surface area contributed by atoms with E-state index in [4.69, 9.17) is 0 Å². The van der Waals surface area contributed by atoms with Gasteiger partial charge in [-0.3, -0.25) is 0 Å². The molecule has 1 N–H and O–H groups in total. The third-order valence-corrected chi connectivity index (χ3v) is 3.50. The molecule has 0 aromatic heterocycles. The zero-order valence-corrected chi connectivity index (χ0v) is 10.5. The van der Waals surface area contributed by atoms with Gasteiger partial charge in [0.2, 0.25) is 0 Å². The molecule has 1 unspecified atom stereocenters. The summed E-state index contributed by atoms with van der Waals surface area (Å²) in [5.74, 6) is 0.632. The van der Waals surface area contributed by atoms with Crippen molar-refractivity contribution in [3.63, 3.8) is 0 Å². The highest BCUT2D eigenvalue weighted by Crippen LogP contribution is 2.26.